The first kappa shape index (κ1) is 24.3. The number of hydrogen-bond donors (Lipinski definition) is 2. The molecule has 1 aliphatic carbocycles. The number of nitrogens with one attached hydrogen (secondary N) is 2. The quantitative estimate of drug-likeness (QED) is 0.524. The molecule has 180 valence electrons. The van der Waals surface area contributed by atoms with E-state index in [0.29, 0.717) is 0 Å². The number of nitrogens with zero attached hydrogens (tertiary/aromatic N) is 2. The third kappa shape index (κ3) is 6.40. The Morgan fingerprint density at radius 3 is 1.91 bits per heavy atom. The van der Waals surface area contributed by atoms with Crippen LogP contribution in [0.25, 0.3) is 0 Å². The zero-order valence-corrected chi connectivity index (χ0v) is 20.5. The summed E-state index contributed by atoms with van der Waals surface area (Å²) >= 11 is 0. The van der Waals surface area contributed by atoms with Gasteiger partial charge in [-0.25, -0.2) is 26.3 Å². The second-order valence-corrected chi connectivity index (χ2v) is 12.2. The van der Waals surface area contributed by atoms with Crippen molar-refractivity contribution in [3.8, 4) is 0 Å². The van der Waals surface area contributed by atoms with Crippen LogP contribution in [0.5, 0.6) is 0 Å². The van der Waals surface area contributed by atoms with Crippen LogP contribution in [0.15, 0.2) is 58.3 Å². The first-order valence-electron chi connectivity index (χ1n) is 11.4. The van der Waals surface area contributed by atoms with Crippen molar-refractivity contribution in [2.75, 3.05) is 32.7 Å². The fourth-order valence-corrected chi connectivity index (χ4v) is 6.24. The van der Waals surface area contributed by atoms with Crippen LogP contribution in [0.4, 0.5) is 0 Å². The molecule has 33 heavy (non-hydrogen) atoms. The van der Waals surface area contributed by atoms with Gasteiger partial charge >= 0.3 is 0 Å². The van der Waals surface area contributed by atoms with Crippen molar-refractivity contribution in [1.29, 1.82) is 0 Å². The van der Waals surface area contributed by atoms with Gasteiger partial charge in [-0.15, -0.1) is 0 Å². The van der Waals surface area contributed by atoms with Gasteiger partial charge in [0.15, 0.2) is 0 Å². The van der Waals surface area contributed by atoms with Crippen LogP contribution in [-0.2, 0) is 33.1 Å². The molecule has 10 heteroatoms. The fraction of sp³-hybridized carbons (Fsp3) is 0.478. The van der Waals surface area contributed by atoms with E-state index in [2.05, 4.69) is 26.2 Å². The van der Waals surface area contributed by atoms with Gasteiger partial charge in [-0.1, -0.05) is 31.2 Å². The maximum absolute atomic E-state index is 12.8. The minimum atomic E-state index is -3.78. The average molecular weight is 493 g/mol. The smallest absolute Gasteiger partial charge is 0.240 e. The molecule has 0 amide bonds. The summed E-state index contributed by atoms with van der Waals surface area (Å²) < 4.78 is 55.5. The summed E-state index contributed by atoms with van der Waals surface area (Å²) in [5.74, 6) is 0. The highest BCUT2D eigenvalue weighted by atomic mass is 32.2. The van der Waals surface area contributed by atoms with E-state index in [-0.39, 0.29) is 22.4 Å². The van der Waals surface area contributed by atoms with Gasteiger partial charge in [0.2, 0.25) is 20.0 Å². The second kappa shape index (κ2) is 10.2. The first-order valence-corrected chi connectivity index (χ1v) is 14.4. The molecular formula is C23H32N4O4S2. The maximum atomic E-state index is 12.8. The van der Waals surface area contributed by atoms with E-state index in [1.165, 1.54) is 24.3 Å². The molecule has 1 saturated carbocycles. The van der Waals surface area contributed by atoms with Gasteiger partial charge in [0, 0.05) is 45.3 Å². The standard InChI is InChI=1S/C23H32N4O4S2/c1-2-26-13-15-27(16-14-26)18-20-6-4-3-5-19(20)17-24-32(28,29)22-9-11-23(12-10-22)33(30,31)25-21-7-8-21/h3-6,9-12,21,24-25H,2,7-8,13-18H2,1H3. The Hall–Kier alpha value is -1.82. The summed E-state index contributed by atoms with van der Waals surface area (Å²) in [6.45, 7) is 8.30. The SMILES string of the molecule is CCN1CCN(Cc2ccccc2CNS(=O)(=O)c2ccc(S(=O)(=O)NC3CC3)cc2)CC1. The van der Waals surface area contributed by atoms with Crippen LogP contribution in [0.2, 0.25) is 0 Å². The molecule has 0 radical (unpaired) electrons. The second-order valence-electron chi connectivity index (χ2n) is 8.67. The molecule has 4 rings (SSSR count). The van der Waals surface area contributed by atoms with E-state index in [1.54, 1.807) is 0 Å². The third-order valence-electron chi connectivity index (χ3n) is 6.22. The molecule has 2 aromatic rings. The van der Waals surface area contributed by atoms with Crippen molar-refractivity contribution in [3.05, 3.63) is 59.7 Å². The van der Waals surface area contributed by atoms with Gasteiger partial charge in [-0.05, 0) is 54.8 Å². The zero-order chi connectivity index (χ0) is 23.5. The largest absolute Gasteiger partial charge is 0.301 e. The summed E-state index contributed by atoms with van der Waals surface area (Å²) in [7, 11) is -7.39. The number of rotatable bonds is 10. The molecule has 1 saturated heterocycles. The molecule has 0 bridgehead atoms. The van der Waals surface area contributed by atoms with Crippen molar-refractivity contribution in [2.45, 2.75) is 48.7 Å². The molecule has 0 aromatic heterocycles. The van der Waals surface area contributed by atoms with Crippen molar-refractivity contribution >= 4 is 20.0 Å². The first-order chi connectivity index (χ1) is 15.8. The molecule has 1 aliphatic heterocycles. The lowest BCUT2D eigenvalue weighted by Gasteiger charge is -2.34. The predicted octanol–water partition coefficient (Wildman–Crippen LogP) is 1.74. The Labute approximate surface area is 197 Å². The summed E-state index contributed by atoms with van der Waals surface area (Å²) in [6.07, 6.45) is 1.68. The van der Waals surface area contributed by atoms with Crippen LogP contribution in [0.1, 0.15) is 30.9 Å². The Kier molecular flexibility index (Phi) is 7.52. The molecule has 8 nitrogen and oxygen atoms in total. The molecule has 2 N–H and O–H groups in total. The van der Waals surface area contributed by atoms with E-state index in [1.807, 2.05) is 24.3 Å². The highest BCUT2D eigenvalue weighted by Gasteiger charge is 2.28. The van der Waals surface area contributed by atoms with Crippen LogP contribution >= 0.6 is 0 Å². The zero-order valence-electron chi connectivity index (χ0n) is 18.9. The van der Waals surface area contributed by atoms with Gasteiger partial charge < -0.3 is 4.90 Å². The highest BCUT2D eigenvalue weighted by Crippen LogP contribution is 2.23. The lowest BCUT2D eigenvalue weighted by atomic mass is 10.1. The van der Waals surface area contributed by atoms with E-state index in [9.17, 15) is 16.8 Å². The van der Waals surface area contributed by atoms with E-state index < -0.39 is 20.0 Å². The number of likely N-dealkylation sites (N-methyl/N-ethyl adjacent to an activating group) is 1. The molecule has 0 unspecified atom stereocenters. The number of sulfonamides is 2. The van der Waals surface area contributed by atoms with Crippen LogP contribution in [-0.4, -0.2) is 65.4 Å². The van der Waals surface area contributed by atoms with Gasteiger partial charge in [-0.2, -0.15) is 0 Å². The summed E-state index contributed by atoms with van der Waals surface area (Å²) in [5.41, 5.74) is 2.05. The average Bonchev–Trinajstić information content (AvgIpc) is 3.62. The molecule has 1 heterocycles. The van der Waals surface area contributed by atoms with Crippen LogP contribution in [0.3, 0.4) is 0 Å². The molecule has 2 fully saturated rings. The Balaban J connectivity index is 1.39. The fourth-order valence-electron chi connectivity index (χ4n) is 3.93. The lowest BCUT2D eigenvalue weighted by molar-refractivity contribution is 0.131. The topological polar surface area (TPSA) is 98.8 Å². The predicted molar refractivity (Wildman–Crippen MR) is 128 cm³/mol. The Bertz CT molecular complexity index is 1160. The van der Waals surface area contributed by atoms with E-state index in [4.69, 9.17) is 0 Å². The Morgan fingerprint density at radius 1 is 0.788 bits per heavy atom. The van der Waals surface area contributed by atoms with E-state index >= 15 is 0 Å². The lowest BCUT2D eigenvalue weighted by Crippen LogP contribution is -2.45. The molecule has 0 atom stereocenters. The van der Waals surface area contributed by atoms with Gasteiger partial charge in [0.1, 0.15) is 0 Å². The highest BCUT2D eigenvalue weighted by molar-refractivity contribution is 7.90. The number of hydrogen-bond acceptors (Lipinski definition) is 6. The van der Waals surface area contributed by atoms with Crippen molar-refractivity contribution in [2.24, 2.45) is 0 Å². The van der Waals surface area contributed by atoms with Gasteiger partial charge in [0.05, 0.1) is 9.79 Å². The molecule has 2 aliphatic rings. The van der Waals surface area contributed by atoms with Crippen molar-refractivity contribution in [1.82, 2.24) is 19.2 Å². The van der Waals surface area contributed by atoms with Crippen LogP contribution in [0, 0.1) is 0 Å². The normalized spacial score (nSPS) is 18.5. The minimum Gasteiger partial charge on any atom is -0.301 e. The molecular weight excluding hydrogens is 460 g/mol. The Morgan fingerprint density at radius 2 is 1.33 bits per heavy atom. The van der Waals surface area contributed by atoms with Gasteiger partial charge in [-0.3, -0.25) is 4.90 Å². The third-order valence-corrected chi connectivity index (χ3v) is 9.17. The summed E-state index contributed by atoms with van der Waals surface area (Å²) in [6, 6.07) is 13.2. The van der Waals surface area contributed by atoms with Crippen molar-refractivity contribution < 1.29 is 16.8 Å². The maximum Gasteiger partial charge on any atom is 0.240 e. The molecule has 2 aromatic carbocycles. The number of piperazine rings is 1. The minimum absolute atomic E-state index is 0.00402. The van der Waals surface area contributed by atoms with E-state index in [0.717, 1.165) is 63.2 Å². The summed E-state index contributed by atoms with van der Waals surface area (Å²) in [5, 5.41) is 0. The van der Waals surface area contributed by atoms with Crippen LogP contribution < -0.4 is 9.44 Å². The summed E-state index contributed by atoms with van der Waals surface area (Å²) in [4.78, 5) is 4.94. The monoisotopic (exact) mass is 492 g/mol. The van der Waals surface area contributed by atoms with Gasteiger partial charge in [0.25, 0.3) is 0 Å². The molecule has 0 spiro atoms. The van der Waals surface area contributed by atoms with Crippen molar-refractivity contribution in [3.63, 3.8) is 0 Å². The number of benzene rings is 2.